The number of carbonyl (C=O) groups excluding carboxylic acids is 1. The first kappa shape index (κ1) is 19.4. The molecule has 3 rings (SSSR count). The van der Waals surface area contributed by atoms with E-state index >= 15 is 0 Å². The molecule has 6 nitrogen and oxygen atoms in total. The number of hydrogen-bond acceptors (Lipinski definition) is 3. The molecule has 28 heavy (non-hydrogen) atoms. The van der Waals surface area contributed by atoms with Crippen LogP contribution in [0.2, 0.25) is 0 Å². The van der Waals surface area contributed by atoms with Gasteiger partial charge in [0.15, 0.2) is 5.96 Å². The maximum absolute atomic E-state index is 11.8. The van der Waals surface area contributed by atoms with Crippen LogP contribution in [0.25, 0.3) is 0 Å². The van der Waals surface area contributed by atoms with Gasteiger partial charge in [-0.2, -0.15) is 5.26 Å². The molecular formula is C22H25N5O. The molecule has 144 valence electrons. The first-order chi connectivity index (χ1) is 13.7. The highest BCUT2D eigenvalue weighted by Crippen LogP contribution is 2.21. The smallest absolute Gasteiger partial charge is 0.227 e. The molecular weight excluding hydrogens is 350 g/mol. The van der Waals surface area contributed by atoms with Crippen LogP contribution in [0, 0.1) is 11.3 Å². The summed E-state index contributed by atoms with van der Waals surface area (Å²) in [5, 5.41) is 15.4. The van der Waals surface area contributed by atoms with Gasteiger partial charge in [0, 0.05) is 31.7 Å². The van der Waals surface area contributed by atoms with Crippen molar-refractivity contribution in [1.29, 1.82) is 5.26 Å². The summed E-state index contributed by atoms with van der Waals surface area (Å²) in [4.78, 5) is 18.3. The number of benzene rings is 2. The third-order valence-corrected chi connectivity index (χ3v) is 4.63. The van der Waals surface area contributed by atoms with Crippen molar-refractivity contribution in [1.82, 2.24) is 10.6 Å². The monoisotopic (exact) mass is 375 g/mol. The van der Waals surface area contributed by atoms with Crippen LogP contribution in [0.3, 0.4) is 0 Å². The second-order valence-electron chi connectivity index (χ2n) is 6.67. The van der Waals surface area contributed by atoms with E-state index in [0.717, 1.165) is 42.3 Å². The topological polar surface area (TPSA) is 80.5 Å². The fourth-order valence-electron chi connectivity index (χ4n) is 3.10. The van der Waals surface area contributed by atoms with Gasteiger partial charge in [-0.15, -0.1) is 0 Å². The number of rotatable bonds is 6. The average molecular weight is 375 g/mol. The van der Waals surface area contributed by atoms with Crippen molar-refractivity contribution in [3.8, 4) is 6.07 Å². The summed E-state index contributed by atoms with van der Waals surface area (Å²) in [7, 11) is 0. The summed E-state index contributed by atoms with van der Waals surface area (Å²) in [6.45, 7) is 4.79. The van der Waals surface area contributed by atoms with Gasteiger partial charge in [-0.1, -0.05) is 24.3 Å². The number of anilines is 1. The Morgan fingerprint density at radius 2 is 1.82 bits per heavy atom. The number of hydrogen-bond donors (Lipinski definition) is 2. The molecule has 0 aliphatic carbocycles. The second-order valence-corrected chi connectivity index (χ2v) is 6.67. The molecule has 0 atom stereocenters. The highest BCUT2D eigenvalue weighted by molar-refractivity contribution is 5.95. The largest absolute Gasteiger partial charge is 0.357 e. The van der Waals surface area contributed by atoms with E-state index in [9.17, 15) is 4.79 Å². The Hall–Kier alpha value is -3.33. The number of amides is 1. The number of guanidine groups is 1. The molecule has 1 aliphatic rings. The summed E-state index contributed by atoms with van der Waals surface area (Å²) < 4.78 is 0. The average Bonchev–Trinajstić information content (AvgIpc) is 3.16. The Kier molecular flexibility index (Phi) is 6.64. The minimum Gasteiger partial charge on any atom is -0.357 e. The lowest BCUT2D eigenvalue weighted by Gasteiger charge is -2.16. The Balaban J connectivity index is 1.58. The first-order valence-corrected chi connectivity index (χ1v) is 9.60. The van der Waals surface area contributed by atoms with Gasteiger partial charge in [0.25, 0.3) is 0 Å². The Morgan fingerprint density at radius 3 is 2.43 bits per heavy atom. The van der Waals surface area contributed by atoms with Crippen molar-refractivity contribution < 1.29 is 4.79 Å². The number of carbonyl (C=O) groups is 1. The molecule has 1 saturated heterocycles. The third-order valence-electron chi connectivity index (χ3n) is 4.63. The number of aliphatic imine (C=N–C) groups is 1. The van der Waals surface area contributed by atoms with Gasteiger partial charge < -0.3 is 15.5 Å². The summed E-state index contributed by atoms with van der Waals surface area (Å²) in [5.74, 6) is 0.942. The molecule has 1 amide bonds. The van der Waals surface area contributed by atoms with Gasteiger partial charge in [0.1, 0.15) is 0 Å². The summed E-state index contributed by atoms with van der Waals surface area (Å²) in [6.07, 6.45) is 1.57. The van der Waals surface area contributed by atoms with Gasteiger partial charge in [-0.3, -0.25) is 4.79 Å². The van der Waals surface area contributed by atoms with Gasteiger partial charge in [0.2, 0.25) is 5.91 Å². The van der Waals surface area contributed by atoms with Gasteiger partial charge in [0.05, 0.1) is 18.2 Å². The summed E-state index contributed by atoms with van der Waals surface area (Å²) in [5.41, 5.74) is 3.79. The van der Waals surface area contributed by atoms with Crippen molar-refractivity contribution in [2.45, 2.75) is 32.9 Å². The normalized spacial score (nSPS) is 14.1. The third kappa shape index (κ3) is 5.10. The zero-order chi connectivity index (χ0) is 19.8. The van der Waals surface area contributed by atoms with Crippen molar-refractivity contribution in [3.05, 3.63) is 65.2 Å². The molecule has 1 heterocycles. The summed E-state index contributed by atoms with van der Waals surface area (Å²) >= 11 is 0. The predicted molar refractivity (Wildman–Crippen MR) is 111 cm³/mol. The van der Waals surface area contributed by atoms with E-state index in [1.54, 1.807) is 0 Å². The molecule has 0 aromatic heterocycles. The standard InChI is InChI=1S/C22H25N5O/c1-2-24-22(25-15-18-7-5-17(14-23)6-8-18)26-16-19-9-11-20(12-10-19)27-13-3-4-21(27)28/h5-12H,2-4,13,15-16H2,1H3,(H2,24,25,26). The van der Waals surface area contributed by atoms with E-state index < -0.39 is 0 Å². The van der Waals surface area contributed by atoms with Crippen LogP contribution in [0.15, 0.2) is 53.5 Å². The Labute approximate surface area is 165 Å². The van der Waals surface area contributed by atoms with E-state index in [4.69, 9.17) is 5.26 Å². The second kappa shape index (κ2) is 9.56. The minimum atomic E-state index is 0.201. The summed E-state index contributed by atoms with van der Waals surface area (Å²) in [6, 6.07) is 17.7. The molecule has 1 fully saturated rings. The molecule has 0 spiro atoms. The maximum atomic E-state index is 11.8. The lowest BCUT2D eigenvalue weighted by atomic mass is 10.1. The molecule has 1 aliphatic heterocycles. The highest BCUT2D eigenvalue weighted by atomic mass is 16.2. The minimum absolute atomic E-state index is 0.201. The zero-order valence-corrected chi connectivity index (χ0v) is 16.1. The quantitative estimate of drug-likeness (QED) is 0.601. The van der Waals surface area contributed by atoms with Crippen LogP contribution in [-0.4, -0.2) is 25.0 Å². The molecule has 2 N–H and O–H groups in total. The molecule has 0 radical (unpaired) electrons. The SMILES string of the molecule is CCNC(=NCc1ccc(N2CCCC2=O)cc1)NCc1ccc(C#N)cc1. The van der Waals surface area contributed by atoms with Crippen LogP contribution < -0.4 is 15.5 Å². The molecule has 2 aromatic rings. The van der Waals surface area contributed by atoms with Crippen LogP contribution in [0.5, 0.6) is 0 Å². The van der Waals surface area contributed by atoms with Gasteiger partial charge in [-0.05, 0) is 48.7 Å². The van der Waals surface area contributed by atoms with Crippen LogP contribution in [0.4, 0.5) is 5.69 Å². The van der Waals surface area contributed by atoms with Crippen molar-refractivity contribution >= 4 is 17.6 Å². The molecule has 0 saturated carbocycles. The van der Waals surface area contributed by atoms with E-state index in [0.29, 0.717) is 25.1 Å². The van der Waals surface area contributed by atoms with Crippen LogP contribution in [0.1, 0.15) is 36.5 Å². The number of nitriles is 1. The predicted octanol–water partition coefficient (Wildman–Crippen LogP) is 2.94. The van der Waals surface area contributed by atoms with Crippen LogP contribution in [-0.2, 0) is 17.9 Å². The van der Waals surface area contributed by atoms with Gasteiger partial charge in [-0.25, -0.2) is 4.99 Å². The van der Waals surface area contributed by atoms with E-state index in [-0.39, 0.29) is 5.91 Å². The lowest BCUT2D eigenvalue weighted by Crippen LogP contribution is -2.36. The Bertz CT molecular complexity index is 865. The molecule has 6 heteroatoms. The van der Waals surface area contributed by atoms with E-state index in [1.807, 2.05) is 60.4 Å². The van der Waals surface area contributed by atoms with E-state index in [2.05, 4.69) is 21.7 Å². The van der Waals surface area contributed by atoms with Crippen molar-refractivity contribution in [2.75, 3.05) is 18.0 Å². The molecule has 0 unspecified atom stereocenters. The van der Waals surface area contributed by atoms with Crippen LogP contribution >= 0.6 is 0 Å². The molecule has 0 bridgehead atoms. The molecule has 2 aromatic carbocycles. The lowest BCUT2D eigenvalue weighted by molar-refractivity contribution is -0.117. The fraction of sp³-hybridized carbons (Fsp3) is 0.318. The van der Waals surface area contributed by atoms with Crippen molar-refractivity contribution in [3.63, 3.8) is 0 Å². The van der Waals surface area contributed by atoms with Crippen molar-refractivity contribution in [2.24, 2.45) is 4.99 Å². The first-order valence-electron chi connectivity index (χ1n) is 9.60. The highest BCUT2D eigenvalue weighted by Gasteiger charge is 2.21. The number of nitrogens with one attached hydrogen (secondary N) is 2. The maximum Gasteiger partial charge on any atom is 0.227 e. The zero-order valence-electron chi connectivity index (χ0n) is 16.1. The van der Waals surface area contributed by atoms with E-state index in [1.165, 1.54) is 0 Å². The van der Waals surface area contributed by atoms with Gasteiger partial charge >= 0.3 is 0 Å². The fourth-order valence-corrected chi connectivity index (χ4v) is 3.10. The number of nitrogens with zero attached hydrogens (tertiary/aromatic N) is 3. The Morgan fingerprint density at radius 1 is 1.11 bits per heavy atom.